The molecule has 1 aliphatic heterocycles. The van der Waals surface area contributed by atoms with Gasteiger partial charge in [0.05, 0.1) is 5.56 Å². The van der Waals surface area contributed by atoms with Crippen LogP contribution in [0.15, 0.2) is 39.5 Å². The highest BCUT2D eigenvalue weighted by molar-refractivity contribution is 5.94. The van der Waals surface area contributed by atoms with E-state index < -0.39 is 29.9 Å². The quantitative estimate of drug-likeness (QED) is 0.796. The van der Waals surface area contributed by atoms with Crippen LogP contribution in [-0.2, 0) is 11.3 Å². The molecule has 1 aromatic carbocycles. The van der Waals surface area contributed by atoms with Gasteiger partial charge < -0.3 is 19.4 Å². The smallest absolute Gasteiger partial charge is 0.339 e. The zero-order valence-corrected chi connectivity index (χ0v) is 10.2. The molecule has 0 fully saturated rings. The maximum Gasteiger partial charge on any atom is 0.339 e. The Morgan fingerprint density at radius 1 is 1.20 bits per heavy atom. The lowest BCUT2D eigenvalue weighted by molar-refractivity contribution is 0.0405. The lowest BCUT2D eigenvalue weighted by atomic mass is 10.0. The Hall–Kier alpha value is -2.60. The zero-order chi connectivity index (χ0) is 14.3. The van der Waals surface area contributed by atoms with Gasteiger partial charge in [0.25, 0.3) is 0 Å². The van der Waals surface area contributed by atoms with Crippen molar-refractivity contribution in [2.24, 2.45) is 0 Å². The van der Waals surface area contributed by atoms with Crippen LogP contribution in [-0.4, -0.2) is 16.2 Å². The minimum Gasteiger partial charge on any atom is -0.502 e. The van der Waals surface area contributed by atoms with Gasteiger partial charge in [0.15, 0.2) is 11.9 Å². The molecular formula is C14H10O6. The van der Waals surface area contributed by atoms with Crippen LogP contribution in [0.5, 0.6) is 5.75 Å². The van der Waals surface area contributed by atoms with Gasteiger partial charge in [-0.1, -0.05) is 18.2 Å². The van der Waals surface area contributed by atoms with Crippen LogP contribution in [0.2, 0.25) is 0 Å². The molecule has 0 saturated heterocycles. The van der Waals surface area contributed by atoms with E-state index in [9.17, 15) is 14.7 Å². The molecule has 0 saturated carbocycles. The van der Waals surface area contributed by atoms with Gasteiger partial charge in [-0.15, -0.1) is 0 Å². The largest absolute Gasteiger partial charge is 0.502 e. The Kier molecular flexibility index (Phi) is 2.80. The molecule has 2 heterocycles. The van der Waals surface area contributed by atoms with Crippen molar-refractivity contribution in [2.45, 2.75) is 12.7 Å². The minimum absolute atomic E-state index is 0.0109. The van der Waals surface area contributed by atoms with Gasteiger partial charge in [-0.25, -0.2) is 4.79 Å². The molecule has 6 nitrogen and oxygen atoms in total. The molecular weight excluding hydrogens is 264 g/mol. The fourth-order valence-corrected chi connectivity index (χ4v) is 2.15. The zero-order valence-electron chi connectivity index (χ0n) is 10.2. The van der Waals surface area contributed by atoms with E-state index in [-0.39, 0.29) is 11.5 Å². The number of rotatable bonds is 2. The van der Waals surface area contributed by atoms with Crippen LogP contribution >= 0.6 is 0 Å². The Labute approximate surface area is 112 Å². The van der Waals surface area contributed by atoms with E-state index in [2.05, 4.69) is 0 Å². The Morgan fingerprint density at radius 2 is 1.95 bits per heavy atom. The number of aliphatic hydroxyl groups excluding tert-OH is 1. The fourth-order valence-electron chi connectivity index (χ4n) is 2.15. The standard InChI is InChI=1S/C14H10O6/c15-6-7-5-10(16)11(17)13(19-7)12-8-3-1-2-4-9(8)14(18)20-12/h1-5,12,15,17H,6H2. The van der Waals surface area contributed by atoms with Crippen molar-refractivity contribution >= 4 is 5.97 Å². The van der Waals surface area contributed by atoms with E-state index >= 15 is 0 Å². The number of cyclic esters (lactones) is 1. The van der Waals surface area contributed by atoms with E-state index in [1.165, 1.54) is 0 Å². The van der Waals surface area contributed by atoms with Crippen LogP contribution in [0.3, 0.4) is 0 Å². The van der Waals surface area contributed by atoms with E-state index in [1.807, 2.05) is 0 Å². The average Bonchev–Trinajstić information content (AvgIpc) is 2.79. The number of ether oxygens (including phenoxy) is 1. The Morgan fingerprint density at radius 3 is 2.70 bits per heavy atom. The Balaban J connectivity index is 2.18. The number of fused-ring (bicyclic) bond motifs is 1. The van der Waals surface area contributed by atoms with Crippen LogP contribution < -0.4 is 5.43 Å². The molecule has 6 heteroatoms. The molecule has 0 spiro atoms. The third-order valence-corrected chi connectivity index (χ3v) is 3.08. The summed E-state index contributed by atoms with van der Waals surface area (Å²) >= 11 is 0. The van der Waals surface area contributed by atoms with Crippen molar-refractivity contribution < 1.29 is 24.2 Å². The predicted molar refractivity (Wildman–Crippen MR) is 66.3 cm³/mol. The van der Waals surface area contributed by atoms with Gasteiger partial charge in [-0.3, -0.25) is 4.79 Å². The third-order valence-electron chi connectivity index (χ3n) is 3.08. The second-order valence-electron chi connectivity index (χ2n) is 4.32. The monoisotopic (exact) mass is 274 g/mol. The summed E-state index contributed by atoms with van der Waals surface area (Å²) in [5.41, 5.74) is 0.163. The number of hydrogen-bond acceptors (Lipinski definition) is 6. The minimum atomic E-state index is -0.988. The number of carbonyl (C=O) groups is 1. The highest BCUT2D eigenvalue weighted by atomic mass is 16.6. The molecule has 0 radical (unpaired) electrons. The van der Waals surface area contributed by atoms with Crippen molar-refractivity contribution in [2.75, 3.05) is 0 Å². The second-order valence-corrected chi connectivity index (χ2v) is 4.32. The molecule has 1 aliphatic rings. The summed E-state index contributed by atoms with van der Waals surface area (Å²) in [6.45, 7) is -0.495. The van der Waals surface area contributed by atoms with Crippen molar-refractivity contribution in [1.82, 2.24) is 0 Å². The summed E-state index contributed by atoms with van der Waals surface area (Å²) in [6, 6.07) is 7.61. The van der Waals surface area contributed by atoms with Crippen LogP contribution in [0.1, 0.15) is 33.5 Å². The number of carbonyl (C=O) groups excluding carboxylic acids is 1. The van der Waals surface area contributed by atoms with E-state index in [0.29, 0.717) is 11.1 Å². The van der Waals surface area contributed by atoms with Gasteiger partial charge in [0, 0.05) is 11.6 Å². The summed E-state index contributed by atoms with van der Waals surface area (Å²) in [4.78, 5) is 23.3. The van der Waals surface area contributed by atoms with Crippen molar-refractivity contribution in [3.05, 3.63) is 63.2 Å². The van der Waals surface area contributed by atoms with Crippen molar-refractivity contribution in [3.8, 4) is 5.75 Å². The topological polar surface area (TPSA) is 97.0 Å². The first-order valence-corrected chi connectivity index (χ1v) is 5.88. The van der Waals surface area contributed by atoms with Gasteiger partial charge in [-0.2, -0.15) is 0 Å². The Bertz CT molecular complexity index is 746. The number of benzene rings is 1. The summed E-state index contributed by atoms with van der Waals surface area (Å²) in [5, 5.41) is 18.9. The fraction of sp³-hybridized carbons (Fsp3) is 0.143. The molecule has 20 heavy (non-hydrogen) atoms. The van der Waals surface area contributed by atoms with E-state index in [4.69, 9.17) is 14.3 Å². The van der Waals surface area contributed by atoms with Crippen LogP contribution in [0.25, 0.3) is 0 Å². The molecule has 0 aliphatic carbocycles. The molecule has 0 bridgehead atoms. The molecule has 2 aromatic rings. The maximum atomic E-state index is 11.7. The molecule has 1 unspecified atom stereocenters. The SMILES string of the molecule is O=C1OC(c2oc(CO)cc(=O)c2O)c2ccccc21. The number of aliphatic hydroxyl groups is 1. The predicted octanol–water partition coefficient (Wildman–Crippen LogP) is 1.10. The molecule has 102 valence electrons. The molecule has 1 aromatic heterocycles. The third kappa shape index (κ3) is 1.78. The molecule has 3 rings (SSSR count). The summed E-state index contributed by atoms with van der Waals surface area (Å²) in [5.74, 6) is -1.37. The van der Waals surface area contributed by atoms with E-state index in [1.54, 1.807) is 24.3 Å². The van der Waals surface area contributed by atoms with Gasteiger partial charge in [-0.05, 0) is 6.07 Å². The van der Waals surface area contributed by atoms with Gasteiger partial charge in [0.1, 0.15) is 12.4 Å². The number of esters is 1. The first-order valence-electron chi connectivity index (χ1n) is 5.88. The van der Waals surface area contributed by atoms with Crippen molar-refractivity contribution in [1.29, 1.82) is 0 Å². The van der Waals surface area contributed by atoms with E-state index in [0.717, 1.165) is 6.07 Å². The maximum absolute atomic E-state index is 11.7. The first-order chi connectivity index (χ1) is 9.61. The summed E-state index contributed by atoms with van der Waals surface area (Å²) in [6.07, 6.45) is -0.988. The van der Waals surface area contributed by atoms with Gasteiger partial charge >= 0.3 is 5.97 Å². The highest BCUT2D eigenvalue weighted by Crippen LogP contribution is 2.38. The molecule has 2 N–H and O–H groups in total. The summed E-state index contributed by atoms with van der Waals surface area (Å²) in [7, 11) is 0. The number of hydrogen-bond donors (Lipinski definition) is 2. The second kappa shape index (κ2) is 4.50. The normalized spacial score (nSPS) is 16.9. The van der Waals surface area contributed by atoms with Crippen molar-refractivity contribution in [3.63, 3.8) is 0 Å². The molecule has 1 atom stereocenters. The van der Waals surface area contributed by atoms with Gasteiger partial charge in [0.2, 0.25) is 11.2 Å². The average molecular weight is 274 g/mol. The lowest BCUT2D eigenvalue weighted by Crippen LogP contribution is -2.09. The van der Waals surface area contributed by atoms with Crippen LogP contribution in [0, 0.1) is 0 Å². The lowest BCUT2D eigenvalue weighted by Gasteiger charge is -2.12. The number of aromatic hydroxyl groups is 1. The first kappa shape index (κ1) is 12.4. The molecule has 0 amide bonds. The van der Waals surface area contributed by atoms with Crippen LogP contribution in [0.4, 0.5) is 0 Å². The highest BCUT2D eigenvalue weighted by Gasteiger charge is 2.36. The summed E-state index contributed by atoms with van der Waals surface area (Å²) < 4.78 is 10.4.